The second-order valence-corrected chi connectivity index (χ2v) is 8.13. The number of amides is 1. The second kappa shape index (κ2) is 9.62. The first kappa shape index (κ1) is 23.0. The van der Waals surface area contributed by atoms with Gasteiger partial charge in [0.2, 0.25) is 6.21 Å². The average Bonchev–Trinajstić information content (AvgIpc) is 2.70. The van der Waals surface area contributed by atoms with E-state index in [9.17, 15) is 9.59 Å². The first-order valence-electron chi connectivity index (χ1n) is 9.73. The summed E-state index contributed by atoms with van der Waals surface area (Å²) in [5.41, 5.74) is 1.88. The summed E-state index contributed by atoms with van der Waals surface area (Å²) < 4.78 is 17.6. The van der Waals surface area contributed by atoms with Crippen LogP contribution in [0.15, 0.2) is 36.4 Å². The Morgan fingerprint density at radius 3 is 2.77 bits per heavy atom. The monoisotopic (exact) mass is 463 g/mol. The van der Waals surface area contributed by atoms with Crippen molar-refractivity contribution in [1.82, 2.24) is 0 Å². The van der Waals surface area contributed by atoms with E-state index in [0.717, 1.165) is 5.56 Å². The lowest BCUT2D eigenvalue weighted by atomic mass is 9.95. The highest BCUT2D eigenvalue weighted by atomic mass is 35.5. The van der Waals surface area contributed by atoms with Gasteiger partial charge >= 0.3 is 6.09 Å². The van der Waals surface area contributed by atoms with Gasteiger partial charge in [0.15, 0.2) is 5.78 Å². The Morgan fingerprint density at radius 1 is 1.29 bits per heavy atom. The molecule has 0 aromatic heterocycles. The first-order valence-corrected chi connectivity index (χ1v) is 10.5. The fourth-order valence-corrected chi connectivity index (χ4v) is 3.63. The number of benzene rings is 2. The number of nitrogens with one attached hydrogen (secondary N) is 1. The molecule has 0 bridgehead atoms. The summed E-state index contributed by atoms with van der Waals surface area (Å²) in [6.07, 6.45) is 2.60. The summed E-state index contributed by atoms with van der Waals surface area (Å²) in [5.74, 6) is 0.522. The smallest absolute Gasteiger partial charge is 0.412 e. The number of carbonyl (C=O) groups excluding carboxylic acids is 2. The highest BCUT2D eigenvalue weighted by molar-refractivity contribution is 7.74. The van der Waals surface area contributed by atoms with Gasteiger partial charge < -0.3 is 9.47 Å². The van der Waals surface area contributed by atoms with Crippen LogP contribution in [0, 0.1) is 0 Å². The van der Waals surface area contributed by atoms with Crippen LogP contribution in [0.3, 0.4) is 0 Å². The molecule has 1 aliphatic rings. The summed E-state index contributed by atoms with van der Waals surface area (Å²) in [6, 6.07) is 10.5. The Labute approximate surface area is 191 Å². The molecule has 2 aromatic carbocycles. The number of thiol groups is 1. The predicted molar refractivity (Wildman–Crippen MR) is 122 cm³/mol. The molecule has 1 N–H and O–H groups in total. The van der Waals surface area contributed by atoms with E-state index in [2.05, 4.69) is 18.2 Å². The van der Waals surface area contributed by atoms with Gasteiger partial charge in [0.1, 0.15) is 24.3 Å². The third-order valence-electron chi connectivity index (χ3n) is 4.80. The average molecular weight is 464 g/mol. The molecule has 0 saturated heterocycles. The van der Waals surface area contributed by atoms with E-state index < -0.39 is 11.7 Å². The topological polar surface area (TPSA) is 76.9 Å². The number of hydrogen-bond donors (Lipinski definition) is 2. The molecule has 1 aliphatic heterocycles. The number of anilines is 1. The van der Waals surface area contributed by atoms with Crippen LogP contribution in [-0.2, 0) is 14.6 Å². The minimum atomic E-state index is -0.693. The highest BCUT2D eigenvalue weighted by Gasteiger charge is 2.33. The molecule has 9 heteroatoms. The van der Waals surface area contributed by atoms with Crippen molar-refractivity contribution in [3.8, 4) is 5.75 Å². The molecule has 0 unspecified atom stereocenters. The van der Waals surface area contributed by atoms with Crippen LogP contribution in [0.4, 0.5) is 16.2 Å². The van der Waals surface area contributed by atoms with E-state index in [1.165, 1.54) is 11.7 Å². The lowest BCUT2D eigenvalue weighted by molar-refractivity contribution is -0.672. The van der Waals surface area contributed by atoms with E-state index in [1.54, 1.807) is 30.5 Å². The molecular weight excluding hydrogens is 440 g/mol. The molecule has 0 spiro atoms. The number of cyclic esters (lactones) is 1. The minimum Gasteiger partial charge on any atom is -0.494 e. The number of ether oxygens (including phenoxy) is 2. The van der Waals surface area contributed by atoms with Crippen molar-refractivity contribution in [1.29, 1.82) is 0 Å². The normalized spacial score (nSPS) is 14.9. The van der Waals surface area contributed by atoms with Crippen LogP contribution < -0.4 is 10.1 Å². The van der Waals surface area contributed by atoms with Gasteiger partial charge in [-0.3, -0.25) is 10.1 Å². The quantitative estimate of drug-likeness (QED) is 0.0999. The van der Waals surface area contributed by atoms with Gasteiger partial charge in [-0.1, -0.05) is 11.6 Å². The van der Waals surface area contributed by atoms with Crippen molar-refractivity contribution >= 4 is 54.0 Å². The molecule has 3 rings (SSSR count). The number of nitrogens with zero attached hydrogens (tertiary/aromatic N) is 1. The molecule has 0 radical (unpaired) electrons. The number of carbonyl (C=O) groups is 2. The third kappa shape index (κ3) is 5.51. The van der Waals surface area contributed by atoms with Crippen molar-refractivity contribution in [3.63, 3.8) is 0 Å². The van der Waals surface area contributed by atoms with Crippen molar-refractivity contribution in [2.75, 3.05) is 11.9 Å². The number of Topliss-reactive ketones (excluding diaryl/α,β-unsaturated/α-hetero) is 1. The van der Waals surface area contributed by atoms with Gasteiger partial charge in [-0.15, -0.1) is 0 Å². The van der Waals surface area contributed by atoms with Crippen LogP contribution in [0.5, 0.6) is 5.75 Å². The Morgan fingerprint density at radius 2 is 2.06 bits per heavy atom. The summed E-state index contributed by atoms with van der Waals surface area (Å²) in [6.45, 7) is 5.60. The summed E-state index contributed by atoms with van der Waals surface area (Å²) >= 11 is 9.89. The zero-order valence-electron chi connectivity index (χ0n) is 17.5. The van der Waals surface area contributed by atoms with E-state index in [4.69, 9.17) is 25.4 Å². The first-order chi connectivity index (χ1) is 14.7. The number of unbranched alkanes of at least 4 members (excludes halogenated alkanes) is 1. The Bertz CT molecular complexity index is 1040. The molecule has 2 aromatic rings. The largest absolute Gasteiger partial charge is 0.494 e. The fourth-order valence-electron chi connectivity index (χ4n) is 3.30. The lowest BCUT2D eigenvalue weighted by Crippen LogP contribution is -2.34. The van der Waals surface area contributed by atoms with Crippen LogP contribution >= 0.6 is 24.5 Å². The second-order valence-electron chi connectivity index (χ2n) is 7.53. The zero-order valence-corrected chi connectivity index (χ0v) is 19.1. The predicted octanol–water partition coefficient (Wildman–Crippen LogP) is 5.69. The number of fused-ring (bicyclic) bond motifs is 1. The Balaban J connectivity index is 1.61. The molecule has 0 fully saturated rings. The summed E-state index contributed by atoms with van der Waals surface area (Å²) in [5, 5.41) is 3.17. The van der Waals surface area contributed by atoms with Crippen LogP contribution in [0.1, 0.15) is 49.5 Å². The van der Waals surface area contributed by atoms with Crippen molar-refractivity contribution < 1.29 is 28.1 Å². The molecule has 7 nitrogen and oxygen atoms in total. The molecule has 0 atom stereocenters. The van der Waals surface area contributed by atoms with E-state index in [1.807, 2.05) is 26.0 Å². The molecule has 31 heavy (non-hydrogen) atoms. The number of rotatable bonds is 8. The van der Waals surface area contributed by atoms with Crippen LogP contribution in [0.2, 0.25) is 5.02 Å². The Kier molecular flexibility index (Phi) is 7.12. The molecule has 1 amide bonds. The Hall–Kier alpha value is -2.71. The fraction of sp³-hybridized carbons (Fsp3) is 0.318. The van der Waals surface area contributed by atoms with E-state index in [0.29, 0.717) is 47.2 Å². The van der Waals surface area contributed by atoms with Crippen LogP contribution in [0.25, 0.3) is 0 Å². The lowest BCUT2D eigenvalue weighted by Gasteiger charge is -2.32. The minimum absolute atomic E-state index is 0.127. The highest BCUT2D eigenvalue weighted by Crippen LogP contribution is 2.37. The van der Waals surface area contributed by atoms with Crippen molar-refractivity contribution in [2.24, 2.45) is 0 Å². The third-order valence-corrected chi connectivity index (χ3v) is 5.21. The summed E-state index contributed by atoms with van der Waals surface area (Å²) in [4.78, 5) is 23.6. The standard InChI is InChI=1S/C22H23ClN2O5S/c1-14(26)17-12-15(23)6-9-20(17)25(30-31)10-4-5-11-28-16-7-8-18-19(13-16)24-21(27)29-22(18,2)3/h6-10,12-13H,4-5,11H2,1-3H3,(H-,24,27,31)/p+1. The van der Waals surface area contributed by atoms with Gasteiger partial charge in [0.05, 0.1) is 17.9 Å². The molecule has 0 aliphatic carbocycles. The summed E-state index contributed by atoms with van der Waals surface area (Å²) in [7, 11) is 0. The SMILES string of the molecule is CC(=O)c1cc(Cl)ccc1[N+](=CCCCOc1ccc2c(c1)NC(=O)OC2(C)C)OS. The maximum absolute atomic E-state index is 11.9. The molecule has 1 heterocycles. The van der Waals surface area contributed by atoms with Crippen molar-refractivity contribution in [3.05, 3.63) is 52.5 Å². The number of ketones is 1. The zero-order chi connectivity index (χ0) is 22.6. The molecule has 0 saturated carbocycles. The molecule has 164 valence electrons. The van der Waals surface area contributed by atoms with Crippen molar-refractivity contribution in [2.45, 2.75) is 39.2 Å². The maximum atomic E-state index is 11.9. The van der Waals surface area contributed by atoms with Crippen LogP contribution in [-0.4, -0.2) is 29.4 Å². The van der Waals surface area contributed by atoms with E-state index in [-0.39, 0.29) is 5.78 Å². The van der Waals surface area contributed by atoms with Gasteiger partial charge in [-0.25, -0.2) is 4.79 Å². The van der Waals surface area contributed by atoms with Gasteiger partial charge in [0, 0.05) is 33.9 Å². The number of hydrogen-bond acceptors (Lipinski definition) is 6. The van der Waals surface area contributed by atoms with Gasteiger partial charge in [-0.05, 0) is 51.5 Å². The van der Waals surface area contributed by atoms with E-state index >= 15 is 0 Å². The molecular formula is C22H24ClN2O5S+. The van der Waals surface area contributed by atoms with Gasteiger partial charge in [0.25, 0.3) is 5.69 Å². The number of halogens is 1. The van der Waals surface area contributed by atoms with Gasteiger partial charge in [-0.2, -0.15) is 4.28 Å². The maximum Gasteiger partial charge on any atom is 0.412 e.